The van der Waals surface area contributed by atoms with Crippen molar-refractivity contribution in [3.05, 3.63) is 53.3 Å². The predicted octanol–water partition coefficient (Wildman–Crippen LogP) is 2.34. The van der Waals surface area contributed by atoms with Crippen molar-refractivity contribution in [3.8, 4) is 0 Å². The van der Waals surface area contributed by atoms with E-state index in [1.54, 1.807) is 0 Å². The molecule has 6 nitrogen and oxygen atoms in total. The lowest BCUT2D eigenvalue weighted by molar-refractivity contribution is -0.143. The number of carboxylic acid groups (broad SMARTS) is 1. The first-order chi connectivity index (χ1) is 11.9. The van der Waals surface area contributed by atoms with Crippen LogP contribution in [0.2, 0.25) is 0 Å². The van der Waals surface area contributed by atoms with Crippen LogP contribution in [0.3, 0.4) is 0 Å². The van der Waals surface area contributed by atoms with Crippen LogP contribution in [-0.4, -0.2) is 50.7 Å². The molecule has 0 unspecified atom stereocenters. The van der Waals surface area contributed by atoms with E-state index in [2.05, 4.69) is 9.97 Å². The summed E-state index contributed by atoms with van der Waals surface area (Å²) in [6.45, 7) is 3.80. The van der Waals surface area contributed by atoms with Crippen LogP contribution < -0.4 is 0 Å². The molecule has 2 rings (SSSR count). The molecule has 132 valence electrons. The van der Waals surface area contributed by atoms with Gasteiger partial charge in [-0.05, 0) is 31.9 Å². The van der Waals surface area contributed by atoms with Crippen molar-refractivity contribution in [2.45, 2.75) is 25.4 Å². The minimum Gasteiger partial charge on any atom is -0.480 e. The summed E-state index contributed by atoms with van der Waals surface area (Å²) < 4.78 is 0. The van der Waals surface area contributed by atoms with E-state index in [1.807, 2.05) is 50.2 Å². The van der Waals surface area contributed by atoms with E-state index in [9.17, 15) is 9.59 Å². The van der Waals surface area contributed by atoms with Crippen LogP contribution in [0, 0.1) is 13.8 Å². The number of carbonyl (C=O) groups is 2. The summed E-state index contributed by atoms with van der Waals surface area (Å²) in [4.78, 5) is 33.4. The number of amides is 1. The lowest BCUT2D eigenvalue weighted by atomic mass is 10.1. The van der Waals surface area contributed by atoms with Crippen LogP contribution in [0.1, 0.15) is 17.0 Å². The fourth-order valence-electron chi connectivity index (χ4n) is 2.34. The largest absolute Gasteiger partial charge is 0.480 e. The van der Waals surface area contributed by atoms with Gasteiger partial charge in [0, 0.05) is 17.9 Å². The zero-order valence-electron chi connectivity index (χ0n) is 14.3. The fraction of sp³-hybridized carbons (Fsp3) is 0.333. The van der Waals surface area contributed by atoms with Gasteiger partial charge in [0.1, 0.15) is 6.54 Å². The minimum atomic E-state index is -1.02. The molecule has 1 aromatic heterocycles. The quantitative estimate of drug-likeness (QED) is 0.575. The maximum atomic E-state index is 12.4. The van der Waals surface area contributed by atoms with E-state index < -0.39 is 5.97 Å². The van der Waals surface area contributed by atoms with Crippen molar-refractivity contribution in [2.24, 2.45) is 0 Å². The molecule has 0 aliphatic carbocycles. The van der Waals surface area contributed by atoms with Gasteiger partial charge < -0.3 is 10.0 Å². The molecule has 0 spiro atoms. The van der Waals surface area contributed by atoms with Gasteiger partial charge in [-0.1, -0.05) is 42.1 Å². The molecule has 7 heteroatoms. The second-order valence-corrected chi connectivity index (χ2v) is 6.61. The van der Waals surface area contributed by atoms with Gasteiger partial charge in [-0.25, -0.2) is 9.97 Å². The Balaban J connectivity index is 1.96. The summed E-state index contributed by atoms with van der Waals surface area (Å²) in [7, 11) is 0. The number of rotatable bonds is 8. The van der Waals surface area contributed by atoms with Crippen LogP contribution in [0.25, 0.3) is 0 Å². The normalized spacial score (nSPS) is 10.5. The molecule has 1 heterocycles. The lowest BCUT2D eigenvalue weighted by Crippen LogP contribution is -2.38. The molecular formula is C18H21N3O3S. The Labute approximate surface area is 151 Å². The molecule has 0 aliphatic rings. The van der Waals surface area contributed by atoms with Gasteiger partial charge in [-0.3, -0.25) is 9.59 Å². The van der Waals surface area contributed by atoms with E-state index in [0.29, 0.717) is 18.1 Å². The third-order valence-corrected chi connectivity index (χ3v) is 4.31. The number of thioether (sulfide) groups is 1. The third kappa shape index (κ3) is 6.54. The minimum absolute atomic E-state index is 0.116. The maximum absolute atomic E-state index is 12.4. The molecule has 0 fully saturated rings. The van der Waals surface area contributed by atoms with Gasteiger partial charge in [0.15, 0.2) is 5.16 Å². The molecule has 0 saturated heterocycles. The van der Waals surface area contributed by atoms with Crippen LogP contribution in [0.5, 0.6) is 0 Å². The van der Waals surface area contributed by atoms with Crippen molar-refractivity contribution in [3.63, 3.8) is 0 Å². The zero-order valence-corrected chi connectivity index (χ0v) is 15.1. The summed E-state index contributed by atoms with van der Waals surface area (Å²) in [5.74, 6) is -1.13. The van der Waals surface area contributed by atoms with Gasteiger partial charge in [-0.2, -0.15) is 0 Å². The molecule has 0 bridgehead atoms. The second kappa shape index (κ2) is 9.17. The third-order valence-electron chi connectivity index (χ3n) is 3.48. The molecule has 1 aromatic carbocycles. The molecule has 1 amide bonds. The summed E-state index contributed by atoms with van der Waals surface area (Å²) in [6, 6.07) is 11.5. The molecule has 2 aromatic rings. The van der Waals surface area contributed by atoms with E-state index in [4.69, 9.17) is 5.11 Å². The first-order valence-electron chi connectivity index (χ1n) is 7.92. The van der Waals surface area contributed by atoms with Crippen LogP contribution >= 0.6 is 11.8 Å². The number of hydrogen-bond acceptors (Lipinski definition) is 5. The van der Waals surface area contributed by atoms with Crippen molar-refractivity contribution in [1.82, 2.24) is 14.9 Å². The number of carbonyl (C=O) groups excluding carboxylic acids is 1. The molecule has 0 aliphatic heterocycles. The number of hydrogen-bond donors (Lipinski definition) is 1. The van der Waals surface area contributed by atoms with Crippen molar-refractivity contribution < 1.29 is 14.7 Å². The first-order valence-corrected chi connectivity index (χ1v) is 8.91. The number of aliphatic carboxylic acids is 1. The molecule has 0 saturated carbocycles. The highest BCUT2D eigenvalue weighted by Crippen LogP contribution is 2.15. The van der Waals surface area contributed by atoms with Gasteiger partial charge in [-0.15, -0.1) is 0 Å². The van der Waals surface area contributed by atoms with Crippen molar-refractivity contribution in [1.29, 1.82) is 0 Å². The summed E-state index contributed by atoms with van der Waals surface area (Å²) in [5, 5.41) is 9.59. The Kier molecular flexibility index (Phi) is 6.94. The van der Waals surface area contributed by atoms with E-state index >= 15 is 0 Å². The Hall–Kier alpha value is -2.41. The molecule has 1 N–H and O–H groups in total. The van der Waals surface area contributed by atoms with Gasteiger partial charge >= 0.3 is 5.97 Å². The zero-order chi connectivity index (χ0) is 18.2. The van der Waals surface area contributed by atoms with Gasteiger partial charge in [0.2, 0.25) is 5.91 Å². The van der Waals surface area contributed by atoms with Crippen molar-refractivity contribution in [2.75, 3.05) is 18.8 Å². The number of benzene rings is 1. The summed E-state index contributed by atoms with van der Waals surface area (Å²) >= 11 is 1.23. The first kappa shape index (κ1) is 18.9. The second-order valence-electron chi connectivity index (χ2n) is 5.67. The number of nitrogens with zero attached hydrogens (tertiary/aromatic N) is 3. The number of aryl methyl sites for hydroxylation is 2. The van der Waals surface area contributed by atoms with Crippen LogP contribution in [-0.2, 0) is 16.0 Å². The average Bonchev–Trinajstić information content (AvgIpc) is 2.56. The highest BCUT2D eigenvalue weighted by molar-refractivity contribution is 7.99. The number of aromatic nitrogens is 2. The van der Waals surface area contributed by atoms with Gasteiger partial charge in [0.05, 0.1) is 5.75 Å². The molecule has 0 radical (unpaired) electrons. The maximum Gasteiger partial charge on any atom is 0.323 e. The van der Waals surface area contributed by atoms with Crippen LogP contribution in [0.15, 0.2) is 41.6 Å². The Morgan fingerprint density at radius 3 is 2.36 bits per heavy atom. The summed E-state index contributed by atoms with van der Waals surface area (Å²) in [6.07, 6.45) is 0.616. The molecule has 25 heavy (non-hydrogen) atoms. The Morgan fingerprint density at radius 2 is 1.76 bits per heavy atom. The highest BCUT2D eigenvalue weighted by Gasteiger charge is 2.17. The smallest absolute Gasteiger partial charge is 0.323 e. The SMILES string of the molecule is Cc1cc(C)nc(SCC(=O)N(CCc2ccccc2)CC(=O)O)n1. The summed E-state index contributed by atoms with van der Waals surface area (Å²) in [5.41, 5.74) is 2.75. The Morgan fingerprint density at radius 1 is 1.12 bits per heavy atom. The standard InChI is InChI=1S/C18H21N3O3S/c1-13-10-14(2)20-18(19-13)25-12-16(22)21(11-17(23)24)9-8-15-6-4-3-5-7-15/h3-7,10H,8-9,11-12H2,1-2H3,(H,23,24). The van der Waals surface area contributed by atoms with E-state index in [-0.39, 0.29) is 18.2 Å². The van der Waals surface area contributed by atoms with Crippen molar-refractivity contribution >= 4 is 23.6 Å². The number of carboxylic acids is 1. The van der Waals surface area contributed by atoms with E-state index in [0.717, 1.165) is 17.0 Å². The van der Waals surface area contributed by atoms with E-state index in [1.165, 1.54) is 16.7 Å². The van der Waals surface area contributed by atoms with Gasteiger partial charge in [0.25, 0.3) is 0 Å². The Bertz CT molecular complexity index is 717. The topological polar surface area (TPSA) is 83.4 Å². The monoisotopic (exact) mass is 359 g/mol. The molecule has 0 atom stereocenters. The fourth-order valence-corrected chi connectivity index (χ4v) is 3.19. The lowest BCUT2D eigenvalue weighted by Gasteiger charge is -2.20. The predicted molar refractivity (Wildman–Crippen MR) is 96.6 cm³/mol. The van der Waals surface area contributed by atoms with Crippen LogP contribution in [0.4, 0.5) is 0 Å². The average molecular weight is 359 g/mol. The highest BCUT2D eigenvalue weighted by atomic mass is 32.2. The molecular weight excluding hydrogens is 338 g/mol.